The van der Waals surface area contributed by atoms with Crippen LogP contribution in [-0.4, -0.2) is 16.0 Å². The van der Waals surface area contributed by atoms with Crippen LogP contribution in [-0.2, 0) is 0 Å². The van der Waals surface area contributed by atoms with Crippen molar-refractivity contribution in [3.63, 3.8) is 0 Å². The van der Waals surface area contributed by atoms with Crippen LogP contribution in [0.25, 0.3) is 0 Å². The Kier molecular flexibility index (Phi) is 3.32. The van der Waals surface area contributed by atoms with Crippen molar-refractivity contribution in [2.45, 2.75) is 5.54 Å². The van der Waals surface area contributed by atoms with Gasteiger partial charge in [0.15, 0.2) is 5.78 Å². The lowest BCUT2D eigenvalue weighted by atomic mass is 10.0. The molecule has 0 heterocycles. The maximum absolute atomic E-state index is 12.2. The minimum absolute atomic E-state index is 0.0589. The fraction of sp³-hybridized carbons (Fsp3) is 0.0714. The molecule has 0 bridgehead atoms. The molecule has 0 saturated carbocycles. The second-order valence-electron chi connectivity index (χ2n) is 3.86. The lowest BCUT2D eigenvalue weighted by molar-refractivity contribution is 0.0987. The van der Waals surface area contributed by atoms with E-state index in [2.05, 4.69) is 0 Å². The summed E-state index contributed by atoms with van der Waals surface area (Å²) in [4.78, 5) is 12.2. The molecule has 1 unspecified atom stereocenters. The first-order valence-corrected chi connectivity index (χ1v) is 6.58. The summed E-state index contributed by atoms with van der Waals surface area (Å²) in [6.45, 7) is 0. The summed E-state index contributed by atoms with van der Waals surface area (Å²) in [6.07, 6.45) is 0. The molecule has 0 spiro atoms. The number of carbonyl (C=O) groups excluding carboxylic acids is 1. The van der Waals surface area contributed by atoms with Gasteiger partial charge in [-0.3, -0.25) is 4.79 Å². The fourth-order valence-electron chi connectivity index (χ4n) is 1.75. The molecule has 2 heteroatoms. The van der Waals surface area contributed by atoms with Gasteiger partial charge < -0.3 is 0 Å². The fourth-order valence-corrected chi connectivity index (χ4v) is 2.46. The molecule has 2 aromatic rings. The summed E-state index contributed by atoms with van der Waals surface area (Å²) in [5.41, 5.74) is 2.00. The van der Waals surface area contributed by atoms with E-state index in [4.69, 9.17) is 0 Å². The van der Waals surface area contributed by atoms with Gasteiger partial charge in [0, 0.05) is 21.3 Å². The minimum atomic E-state index is 0.0589. The van der Waals surface area contributed by atoms with Crippen molar-refractivity contribution in [3.05, 3.63) is 71.8 Å². The molecule has 0 radical (unpaired) electrons. The van der Waals surface area contributed by atoms with Crippen LogP contribution in [0, 0.1) is 0 Å². The van der Waals surface area contributed by atoms with E-state index in [-0.39, 0.29) is 11.3 Å². The lowest BCUT2D eigenvalue weighted by Gasteiger charge is -2.10. The van der Waals surface area contributed by atoms with Crippen molar-refractivity contribution >= 4 is 16.0 Å². The third-order valence-electron chi connectivity index (χ3n) is 2.75. The van der Waals surface area contributed by atoms with Gasteiger partial charge in [-0.25, -0.2) is 0 Å². The van der Waals surface area contributed by atoms with Crippen LogP contribution in [0.15, 0.2) is 60.7 Å². The molecule has 80 valence electrons. The van der Waals surface area contributed by atoms with Crippen LogP contribution in [0.2, 0.25) is 0 Å². The number of hydrogen-bond donors (Lipinski definition) is 0. The van der Waals surface area contributed by atoms with E-state index in [1.807, 2.05) is 60.7 Å². The van der Waals surface area contributed by atoms with Gasteiger partial charge >= 0.3 is 0 Å². The molecule has 0 N–H and O–H groups in total. The average Bonchev–Trinajstić information content (AvgIpc) is 2.39. The first-order chi connectivity index (χ1) is 7.79. The number of rotatable bonds is 3. The molecular weight excluding hydrogens is 212 g/mol. The van der Waals surface area contributed by atoms with E-state index in [0.29, 0.717) is 0 Å². The summed E-state index contributed by atoms with van der Waals surface area (Å²) in [7, 11) is 0.846. The largest absolute Gasteiger partial charge is 0.294 e. The lowest BCUT2D eigenvalue weighted by Crippen LogP contribution is -2.12. The van der Waals surface area contributed by atoms with Crippen molar-refractivity contribution in [1.29, 1.82) is 0 Å². The van der Waals surface area contributed by atoms with E-state index in [0.717, 1.165) is 21.4 Å². The highest BCUT2D eigenvalue weighted by atomic mass is 28.1. The monoisotopic (exact) mass is 226 g/mol. The number of ketones is 1. The topological polar surface area (TPSA) is 17.1 Å². The van der Waals surface area contributed by atoms with Gasteiger partial charge in [-0.1, -0.05) is 60.7 Å². The standard InChI is InChI=1S/C14H14OSi/c15-13(11-7-3-1-4-8-11)14(16)12-9-5-2-6-10-12/h1-10,14H,16H3. The van der Waals surface area contributed by atoms with Crippen molar-refractivity contribution in [2.24, 2.45) is 0 Å². The Balaban J connectivity index is 2.24. The highest BCUT2D eigenvalue weighted by Crippen LogP contribution is 2.17. The molecule has 0 aromatic heterocycles. The summed E-state index contributed by atoms with van der Waals surface area (Å²) in [5, 5.41) is 0. The van der Waals surface area contributed by atoms with Crippen molar-refractivity contribution < 1.29 is 4.79 Å². The van der Waals surface area contributed by atoms with Crippen LogP contribution in [0.5, 0.6) is 0 Å². The second kappa shape index (κ2) is 4.90. The van der Waals surface area contributed by atoms with Gasteiger partial charge in [-0.05, 0) is 5.56 Å². The first-order valence-electron chi connectivity index (χ1n) is 5.43. The van der Waals surface area contributed by atoms with Crippen molar-refractivity contribution in [2.75, 3.05) is 0 Å². The van der Waals surface area contributed by atoms with Gasteiger partial charge in [-0.15, -0.1) is 0 Å². The van der Waals surface area contributed by atoms with Gasteiger partial charge in [0.1, 0.15) is 0 Å². The van der Waals surface area contributed by atoms with Crippen LogP contribution in [0.1, 0.15) is 21.5 Å². The SMILES string of the molecule is O=C(c1ccccc1)C([SiH3])c1ccccc1. The summed E-state index contributed by atoms with van der Waals surface area (Å²) >= 11 is 0. The number of Topliss-reactive ketones (excluding diaryl/α,β-unsaturated/α-hetero) is 1. The maximum Gasteiger partial charge on any atom is 0.166 e. The van der Waals surface area contributed by atoms with Gasteiger partial charge in [-0.2, -0.15) is 0 Å². The molecular formula is C14H14OSi. The van der Waals surface area contributed by atoms with Gasteiger partial charge in [0.2, 0.25) is 0 Å². The average molecular weight is 226 g/mol. The summed E-state index contributed by atoms with van der Waals surface area (Å²) < 4.78 is 0. The Hall–Kier alpha value is -1.67. The molecule has 0 aliphatic rings. The summed E-state index contributed by atoms with van der Waals surface area (Å²) in [5.74, 6) is 0.235. The first kappa shape index (κ1) is 10.8. The Morgan fingerprint density at radius 3 is 1.94 bits per heavy atom. The number of benzene rings is 2. The second-order valence-corrected chi connectivity index (χ2v) is 5.02. The van der Waals surface area contributed by atoms with E-state index in [1.54, 1.807) is 0 Å². The molecule has 0 amide bonds. The normalized spacial score (nSPS) is 12.2. The zero-order valence-electron chi connectivity index (χ0n) is 9.26. The zero-order valence-corrected chi connectivity index (χ0v) is 11.3. The maximum atomic E-state index is 12.2. The Bertz CT molecular complexity index is 465. The van der Waals surface area contributed by atoms with Crippen LogP contribution in [0.4, 0.5) is 0 Å². The van der Waals surface area contributed by atoms with E-state index in [9.17, 15) is 4.79 Å². The van der Waals surface area contributed by atoms with E-state index < -0.39 is 0 Å². The van der Waals surface area contributed by atoms with E-state index >= 15 is 0 Å². The zero-order chi connectivity index (χ0) is 11.4. The molecule has 1 nitrogen and oxygen atoms in total. The molecule has 0 aliphatic heterocycles. The minimum Gasteiger partial charge on any atom is -0.294 e. The third-order valence-corrected chi connectivity index (χ3v) is 3.94. The predicted octanol–water partition coefficient (Wildman–Crippen LogP) is 1.98. The quantitative estimate of drug-likeness (QED) is 0.578. The van der Waals surface area contributed by atoms with Crippen LogP contribution in [0.3, 0.4) is 0 Å². The third kappa shape index (κ3) is 2.28. The highest BCUT2D eigenvalue weighted by molar-refractivity contribution is 6.28. The Morgan fingerprint density at radius 2 is 1.38 bits per heavy atom. The molecule has 2 rings (SSSR count). The predicted molar refractivity (Wildman–Crippen MR) is 69.9 cm³/mol. The number of hydrogen-bond acceptors (Lipinski definition) is 1. The van der Waals surface area contributed by atoms with E-state index in [1.165, 1.54) is 0 Å². The van der Waals surface area contributed by atoms with Gasteiger partial charge in [0.25, 0.3) is 0 Å². The molecule has 0 fully saturated rings. The molecule has 0 saturated heterocycles. The van der Waals surface area contributed by atoms with Gasteiger partial charge in [0.05, 0.1) is 0 Å². The molecule has 0 aliphatic carbocycles. The highest BCUT2D eigenvalue weighted by Gasteiger charge is 2.15. The Morgan fingerprint density at radius 1 is 0.875 bits per heavy atom. The van der Waals surface area contributed by atoms with Crippen molar-refractivity contribution in [1.82, 2.24) is 0 Å². The molecule has 1 atom stereocenters. The Labute approximate surface area is 98.6 Å². The molecule has 16 heavy (non-hydrogen) atoms. The smallest absolute Gasteiger partial charge is 0.166 e. The van der Waals surface area contributed by atoms with Crippen LogP contribution >= 0.6 is 0 Å². The van der Waals surface area contributed by atoms with Crippen LogP contribution < -0.4 is 0 Å². The van der Waals surface area contributed by atoms with Crippen molar-refractivity contribution in [3.8, 4) is 0 Å². The molecule has 2 aromatic carbocycles. The number of carbonyl (C=O) groups is 1. The summed E-state index contributed by atoms with van der Waals surface area (Å²) in [6, 6.07) is 19.5.